The van der Waals surface area contributed by atoms with E-state index in [-0.39, 0.29) is 18.2 Å². The Labute approximate surface area is 164 Å². The largest absolute Gasteiger partial charge is 0.492 e. The van der Waals surface area contributed by atoms with E-state index in [1.807, 2.05) is 42.5 Å². The standard InChI is InChI=1S/C19H18N2O4S2/c22-17-9-10-18(23)21(17)25-19(24)11-8-14-4-6-15(7-5-14)13-26-27-16-3-1-2-12-20-16/h1-7,9-10,12,22-23H,8,11,13H2. The minimum absolute atomic E-state index is 0.140. The molecule has 1 aromatic carbocycles. The average molecular weight is 402 g/mol. The Kier molecular flexibility index (Phi) is 6.67. The van der Waals surface area contributed by atoms with Crippen LogP contribution in [0.5, 0.6) is 11.8 Å². The van der Waals surface area contributed by atoms with Gasteiger partial charge in [-0.25, -0.2) is 9.78 Å². The summed E-state index contributed by atoms with van der Waals surface area (Å²) in [5.41, 5.74) is 2.20. The lowest BCUT2D eigenvalue weighted by Crippen LogP contribution is -2.19. The molecule has 8 heteroatoms. The van der Waals surface area contributed by atoms with E-state index in [1.54, 1.807) is 27.8 Å². The molecule has 0 spiro atoms. The molecule has 0 amide bonds. The maximum absolute atomic E-state index is 11.9. The summed E-state index contributed by atoms with van der Waals surface area (Å²) < 4.78 is 0.696. The molecule has 2 aromatic heterocycles. The second-order valence-corrected chi connectivity index (χ2v) is 7.95. The first-order chi connectivity index (χ1) is 13.1. The third kappa shape index (κ3) is 5.70. The summed E-state index contributed by atoms with van der Waals surface area (Å²) in [6.07, 6.45) is 2.43. The summed E-state index contributed by atoms with van der Waals surface area (Å²) in [6.45, 7) is 0. The average Bonchev–Trinajstić information content (AvgIpc) is 3.00. The summed E-state index contributed by atoms with van der Waals surface area (Å²) in [6, 6.07) is 16.4. The molecule has 0 radical (unpaired) electrons. The molecule has 0 fully saturated rings. The third-order valence-electron chi connectivity index (χ3n) is 3.64. The predicted molar refractivity (Wildman–Crippen MR) is 106 cm³/mol. The van der Waals surface area contributed by atoms with Crippen LogP contribution in [0.1, 0.15) is 17.5 Å². The van der Waals surface area contributed by atoms with Crippen LogP contribution in [0, 0.1) is 0 Å². The van der Waals surface area contributed by atoms with E-state index in [4.69, 9.17) is 4.84 Å². The molecular formula is C19H18N2O4S2. The lowest BCUT2D eigenvalue weighted by molar-refractivity contribution is -0.145. The molecule has 6 nitrogen and oxygen atoms in total. The summed E-state index contributed by atoms with van der Waals surface area (Å²) in [5, 5.41) is 19.9. The summed E-state index contributed by atoms with van der Waals surface area (Å²) in [4.78, 5) is 21.0. The van der Waals surface area contributed by atoms with Gasteiger partial charge in [-0.1, -0.05) is 41.1 Å². The van der Waals surface area contributed by atoms with Crippen molar-refractivity contribution in [2.45, 2.75) is 23.6 Å². The van der Waals surface area contributed by atoms with Gasteiger partial charge in [0.2, 0.25) is 11.8 Å². The highest BCUT2D eigenvalue weighted by Gasteiger charge is 2.12. The number of aryl methyl sites for hydroxylation is 1. The van der Waals surface area contributed by atoms with Crippen molar-refractivity contribution in [2.24, 2.45) is 0 Å². The monoisotopic (exact) mass is 402 g/mol. The minimum atomic E-state index is -0.539. The van der Waals surface area contributed by atoms with Gasteiger partial charge in [0.1, 0.15) is 5.03 Å². The van der Waals surface area contributed by atoms with Crippen LogP contribution in [-0.2, 0) is 17.0 Å². The molecule has 0 atom stereocenters. The Morgan fingerprint density at radius 3 is 2.37 bits per heavy atom. The van der Waals surface area contributed by atoms with Crippen LogP contribution < -0.4 is 4.84 Å². The molecule has 2 heterocycles. The molecular weight excluding hydrogens is 384 g/mol. The molecule has 0 aliphatic rings. The smallest absolute Gasteiger partial charge is 0.333 e. The Balaban J connectivity index is 1.43. The lowest BCUT2D eigenvalue weighted by Gasteiger charge is -2.07. The van der Waals surface area contributed by atoms with Crippen molar-refractivity contribution in [3.05, 3.63) is 71.9 Å². The van der Waals surface area contributed by atoms with Gasteiger partial charge in [0.05, 0.1) is 6.42 Å². The fourth-order valence-electron chi connectivity index (χ4n) is 2.25. The Bertz CT molecular complexity index is 863. The van der Waals surface area contributed by atoms with Gasteiger partial charge in [0.15, 0.2) is 0 Å². The molecule has 0 aliphatic heterocycles. The highest BCUT2D eigenvalue weighted by atomic mass is 33.1. The number of aromatic nitrogens is 2. The Morgan fingerprint density at radius 1 is 1.00 bits per heavy atom. The van der Waals surface area contributed by atoms with E-state index in [9.17, 15) is 15.0 Å². The fraction of sp³-hybridized carbons (Fsp3) is 0.158. The van der Waals surface area contributed by atoms with Crippen molar-refractivity contribution in [1.29, 1.82) is 0 Å². The molecule has 3 aromatic rings. The number of rotatable bonds is 8. The number of hydrogen-bond donors (Lipinski definition) is 2. The topological polar surface area (TPSA) is 84.6 Å². The summed E-state index contributed by atoms with van der Waals surface area (Å²) in [5.74, 6) is -0.337. The van der Waals surface area contributed by atoms with Gasteiger partial charge < -0.3 is 15.1 Å². The zero-order valence-corrected chi connectivity index (χ0v) is 15.9. The second kappa shape index (κ2) is 9.38. The second-order valence-electron chi connectivity index (χ2n) is 5.64. The SMILES string of the molecule is O=C(CCc1ccc(CSSc2ccccn2)cc1)On1c(O)ccc1O. The first-order valence-electron chi connectivity index (χ1n) is 8.21. The fourth-order valence-corrected chi connectivity index (χ4v) is 4.23. The van der Waals surface area contributed by atoms with Crippen LogP contribution in [0.3, 0.4) is 0 Å². The van der Waals surface area contributed by atoms with Crippen LogP contribution in [-0.4, -0.2) is 25.9 Å². The van der Waals surface area contributed by atoms with Crippen molar-refractivity contribution in [2.75, 3.05) is 0 Å². The van der Waals surface area contributed by atoms with Gasteiger partial charge >= 0.3 is 5.97 Å². The van der Waals surface area contributed by atoms with E-state index in [0.717, 1.165) is 16.3 Å². The van der Waals surface area contributed by atoms with Crippen molar-refractivity contribution in [1.82, 2.24) is 9.71 Å². The van der Waals surface area contributed by atoms with Crippen LogP contribution in [0.15, 0.2) is 65.8 Å². The molecule has 27 heavy (non-hydrogen) atoms. The number of hydrogen-bond acceptors (Lipinski definition) is 7. The predicted octanol–water partition coefficient (Wildman–Crippen LogP) is 3.82. The van der Waals surface area contributed by atoms with E-state index in [2.05, 4.69) is 4.98 Å². The van der Waals surface area contributed by atoms with Crippen molar-refractivity contribution in [3.63, 3.8) is 0 Å². The molecule has 0 saturated carbocycles. The maximum Gasteiger partial charge on any atom is 0.333 e. The van der Waals surface area contributed by atoms with Gasteiger partial charge in [-0.2, -0.15) is 0 Å². The third-order valence-corrected chi connectivity index (χ3v) is 5.84. The molecule has 0 unspecified atom stereocenters. The van der Waals surface area contributed by atoms with Gasteiger partial charge in [-0.3, -0.25) is 0 Å². The molecule has 2 N–H and O–H groups in total. The first kappa shape index (κ1) is 19.2. The molecule has 0 bridgehead atoms. The highest BCUT2D eigenvalue weighted by Crippen LogP contribution is 2.32. The van der Waals surface area contributed by atoms with E-state index >= 15 is 0 Å². The van der Waals surface area contributed by atoms with Gasteiger partial charge in [-0.15, -0.1) is 4.73 Å². The number of benzene rings is 1. The zero-order valence-electron chi connectivity index (χ0n) is 14.3. The number of carbonyl (C=O) groups is 1. The van der Waals surface area contributed by atoms with Crippen molar-refractivity contribution >= 4 is 27.6 Å². The number of nitrogens with zero attached hydrogens (tertiary/aromatic N) is 2. The van der Waals surface area contributed by atoms with E-state index in [1.165, 1.54) is 17.7 Å². The quantitative estimate of drug-likeness (QED) is 0.554. The molecule has 0 saturated heterocycles. The number of aromatic hydroxyl groups is 2. The van der Waals surface area contributed by atoms with E-state index < -0.39 is 5.97 Å². The minimum Gasteiger partial charge on any atom is -0.492 e. The van der Waals surface area contributed by atoms with Crippen LogP contribution >= 0.6 is 21.6 Å². The maximum atomic E-state index is 11.9. The van der Waals surface area contributed by atoms with Crippen LogP contribution in [0.25, 0.3) is 0 Å². The highest BCUT2D eigenvalue weighted by molar-refractivity contribution is 8.76. The summed E-state index contributed by atoms with van der Waals surface area (Å²) in [7, 11) is 3.36. The lowest BCUT2D eigenvalue weighted by atomic mass is 10.1. The Morgan fingerprint density at radius 2 is 1.70 bits per heavy atom. The Hall–Kier alpha value is -2.58. The molecule has 140 valence electrons. The molecule has 3 rings (SSSR count). The zero-order chi connectivity index (χ0) is 19.1. The normalized spacial score (nSPS) is 10.7. The first-order valence-corrected chi connectivity index (χ1v) is 10.5. The van der Waals surface area contributed by atoms with Crippen LogP contribution in [0.2, 0.25) is 0 Å². The van der Waals surface area contributed by atoms with Gasteiger partial charge in [0, 0.05) is 24.1 Å². The summed E-state index contributed by atoms with van der Waals surface area (Å²) >= 11 is 0. The van der Waals surface area contributed by atoms with E-state index in [0.29, 0.717) is 11.2 Å². The number of carbonyl (C=O) groups excluding carboxylic acids is 1. The van der Waals surface area contributed by atoms with Crippen molar-refractivity contribution < 1.29 is 19.8 Å². The molecule has 0 aliphatic carbocycles. The van der Waals surface area contributed by atoms with Gasteiger partial charge in [0.25, 0.3) is 0 Å². The van der Waals surface area contributed by atoms with Crippen LogP contribution in [0.4, 0.5) is 0 Å². The van der Waals surface area contributed by atoms with Crippen molar-refractivity contribution in [3.8, 4) is 11.8 Å². The van der Waals surface area contributed by atoms with Gasteiger partial charge in [-0.05, 0) is 40.5 Å². The number of pyridine rings is 1.